The molecule has 0 aromatic carbocycles. The van der Waals surface area contributed by atoms with Crippen LogP contribution in [-0.4, -0.2) is 54.2 Å². The van der Waals surface area contributed by atoms with Gasteiger partial charge in [-0.2, -0.15) is 0 Å². The van der Waals surface area contributed by atoms with Crippen molar-refractivity contribution in [2.75, 3.05) is 26.2 Å². The second kappa shape index (κ2) is 4.92. The Morgan fingerprint density at radius 1 is 1.57 bits per heavy atom. The molecule has 1 heterocycles. The fraction of sp³-hybridized carbons (Fsp3) is 0.750. The van der Waals surface area contributed by atoms with Crippen LogP contribution in [0.15, 0.2) is 0 Å². The van der Waals surface area contributed by atoms with Crippen LogP contribution in [0.5, 0.6) is 0 Å². The summed E-state index contributed by atoms with van der Waals surface area (Å²) in [5, 5.41) is 8.68. The Bertz CT molecular complexity index is 231. The molecule has 0 spiro atoms. The first kappa shape index (κ1) is 10.9. The van der Waals surface area contributed by atoms with Crippen molar-refractivity contribution >= 4 is 11.9 Å². The minimum absolute atomic E-state index is 0.109. The minimum atomic E-state index is -1.03. The van der Waals surface area contributed by atoms with Crippen LogP contribution in [0.25, 0.3) is 0 Å². The zero-order valence-corrected chi connectivity index (χ0v) is 7.81. The first-order chi connectivity index (χ1) is 6.65. The Morgan fingerprint density at radius 3 is 2.86 bits per heavy atom. The van der Waals surface area contributed by atoms with Gasteiger partial charge < -0.3 is 20.5 Å². The Labute approximate surface area is 81.6 Å². The van der Waals surface area contributed by atoms with Crippen LogP contribution in [-0.2, 0) is 14.3 Å². The van der Waals surface area contributed by atoms with Gasteiger partial charge >= 0.3 is 5.97 Å². The van der Waals surface area contributed by atoms with Gasteiger partial charge in [-0.3, -0.25) is 4.79 Å². The molecule has 1 fully saturated rings. The van der Waals surface area contributed by atoms with Crippen molar-refractivity contribution in [3.8, 4) is 0 Å². The summed E-state index contributed by atoms with van der Waals surface area (Å²) >= 11 is 0. The molecule has 6 heteroatoms. The Hall–Kier alpha value is -1.14. The number of carbonyl (C=O) groups is 2. The van der Waals surface area contributed by atoms with Crippen molar-refractivity contribution in [3.63, 3.8) is 0 Å². The van der Waals surface area contributed by atoms with Crippen LogP contribution in [0.2, 0.25) is 0 Å². The average molecular weight is 202 g/mol. The molecule has 0 aromatic rings. The molecule has 1 aliphatic heterocycles. The SMILES string of the molecule is NCCC(=O)N1CCOC(C(=O)O)C1. The maximum absolute atomic E-state index is 11.4. The largest absolute Gasteiger partial charge is 0.479 e. The van der Waals surface area contributed by atoms with Gasteiger partial charge in [0.2, 0.25) is 5.91 Å². The number of aliphatic carboxylic acids is 1. The smallest absolute Gasteiger partial charge is 0.334 e. The molecule has 0 aliphatic carbocycles. The number of carboxylic acids is 1. The second-order valence-corrected chi connectivity index (χ2v) is 3.08. The number of amides is 1. The first-order valence-corrected chi connectivity index (χ1v) is 4.47. The number of nitrogens with zero attached hydrogens (tertiary/aromatic N) is 1. The highest BCUT2D eigenvalue weighted by Gasteiger charge is 2.28. The molecule has 0 bridgehead atoms. The van der Waals surface area contributed by atoms with E-state index in [2.05, 4.69) is 0 Å². The van der Waals surface area contributed by atoms with Gasteiger partial charge in [0.25, 0.3) is 0 Å². The molecular weight excluding hydrogens is 188 g/mol. The van der Waals surface area contributed by atoms with Gasteiger partial charge in [-0.1, -0.05) is 0 Å². The van der Waals surface area contributed by atoms with Gasteiger partial charge in [0.05, 0.1) is 13.2 Å². The lowest BCUT2D eigenvalue weighted by molar-refractivity contribution is -0.159. The standard InChI is InChI=1S/C8H14N2O4/c9-2-1-7(11)10-3-4-14-6(5-10)8(12)13/h6H,1-5,9H2,(H,12,13). The van der Waals surface area contributed by atoms with Gasteiger partial charge in [0.1, 0.15) is 0 Å². The van der Waals surface area contributed by atoms with Gasteiger partial charge in [0, 0.05) is 19.5 Å². The zero-order chi connectivity index (χ0) is 10.6. The molecule has 80 valence electrons. The van der Waals surface area contributed by atoms with Crippen LogP contribution in [0.3, 0.4) is 0 Å². The van der Waals surface area contributed by atoms with Crippen molar-refractivity contribution in [2.45, 2.75) is 12.5 Å². The van der Waals surface area contributed by atoms with E-state index in [4.69, 9.17) is 15.6 Å². The molecule has 1 rings (SSSR count). The summed E-state index contributed by atoms with van der Waals surface area (Å²) in [6.07, 6.45) is -0.641. The highest BCUT2D eigenvalue weighted by molar-refractivity contribution is 5.78. The van der Waals surface area contributed by atoms with Crippen LogP contribution < -0.4 is 5.73 Å². The third-order valence-electron chi connectivity index (χ3n) is 2.05. The van der Waals surface area contributed by atoms with Crippen LogP contribution in [0.4, 0.5) is 0 Å². The topological polar surface area (TPSA) is 92.9 Å². The van der Waals surface area contributed by atoms with E-state index in [1.165, 1.54) is 4.90 Å². The number of rotatable bonds is 3. The van der Waals surface area contributed by atoms with Crippen molar-refractivity contribution in [2.24, 2.45) is 5.73 Å². The highest BCUT2D eigenvalue weighted by atomic mass is 16.5. The third-order valence-corrected chi connectivity index (χ3v) is 2.05. The average Bonchev–Trinajstić information content (AvgIpc) is 2.18. The van der Waals surface area contributed by atoms with E-state index in [1.54, 1.807) is 0 Å². The van der Waals surface area contributed by atoms with E-state index in [1.807, 2.05) is 0 Å². The summed E-state index contributed by atoms with van der Waals surface area (Å²) in [6, 6.07) is 0. The summed E-state index contributed by atoms with van der Waals surface area (Å²) in [4.78, 5) is 23.4. The van der Waals surface area contributed by atoms with E-state index in [0.717, 1.165) is 0 Å². The fourth-order valence-electron chi connectivity index (χ4n) is 1.31. The molecule has 0 aromatic heterocycles. The molecular formula is C8H14N2O4. The Balaban J connectivity index is 2.47. The van der Waals surface area contributed by atoms with E-state index >= 15 is 0 Å². The first-order valence-electron chi connectivity index (χ1n) is 4.47. The predicted molar refractivity (Wildman–Crippen MR) is 47.6 cm³/mol. The summed E-state index contributed by atoms with van der Waals surface area (Å²) in [5.74, 6) is -1.14. The third kappa shape index (κ3) is 2.68. The van der Waals surface area contributed by atoms with E-state index < -0.39 is 12.1 Å². The lowest BCUT2D eigenvalue weighted by Crippen LogP contribution is -2.48. The van der Waals surface area contributed by atoms with Crippen molar-refractivity contribution in [3.05, 3.63) is 0 Å². The van der Waals surface area contributed by atoms with Crippen LogP contribution in [0.1, 0.15) is 6.42 Å². The van der Waals surface area contributed by atoms with E-state index in [0.29, 0.717) is 6.54 Å². The zero-order valence-electron chi connectivity index (χ0n) is 7.81. The van der Waals surface area contributed by atoms with Gasteiger partial charge in [-0.15, -0.1) is 0 Å². The molecule has 1 amide bonds. The van der Waals surface area contributed by atoms with E-state index in [9.17, 15) is 9.59 Å². The minimum Gasteiger partial charge on any atom is -0.479 e. The van der Waals surface area contributed by atoms with Crippen molar-refractivity contribution in [1.82, 2.24) is 4.90 Å². The maximum atomic E-state index is 11.4. The van der Waals surface area contributed by atoms with Gasteiger partial charge in [-0.05, 0) is 0 Å². The van der Waals surface area contributed by atoms with Gasteiger partial charge in [0.15, 0.2) is 6.10 Å². The number of carbonyl (C=O) groups excluding carboxylic acids is 1. The molecule has 0 radical (unpaired) electrons. The monoisotopic (exact) mass is 202 g/mol. The molecule has 1 atom stereocenters. The number of carboxylic acid groups (broad SMARTS) is 1. The molecule has 1 saturated heterocycles. The molecule has 1 aliphatic rings. The van der Waals surface area contributed by atoms with E-state index in [-0.39, 0.29) is 32.0 Å². The summed E-state index contributed by atoms with van der Waals surface area (Å²) in [5.41, 5.74) is 5.24. The number of morpholine rings is 1. The van der Waals surface area contributed by atoms with Crippen LogP contribution >= 0.6 is 0 Å². The highest BCUT2D eigenvalue weighted by Crippen LogP contribution is 2.06. The number of hydrogen-bond acceptors (Lipinski definition) is 4. The lowest BCUT2D eigenvalue weighted by atomic mass is 10.2. The Kier molecular flexibility index (Phi) is 3.84. The lowest BCUT2D eigenvalue weighted by Gasteiger charge is -2.30. The predicted octanol–water partition coefficient (Wildman–Crippen LogP) is -1.35. The van der Waals surface area contributed by atoms with Gasteiger partial charge in [-0.25, -0.2) is 4.79 Å². The molecule has 3 N–H and O–H groups in total. The van der Waals surface area contributed by atoms with Crippen molar-refractivity contribution < 1.29 is 19.4 Å². The maximum Gasteiger partial charge on any atom is 0.334 e. The normalized spacial score (nSPS) is 22.1. The Morgan fingerprint density at radius 2 is 2.29 bits per heavy atom. The van der Waals surface area contributed by atoms with Crippen molar-refractivity contribution in [1.29, 1.82) is 0 Å². The summed E-state index contributed by atoms with van der Waals surface area (Å²) in [6.45, 7) is 1.12. The fourth-order valence-corrected chi connectivity index (χ4v) is 1.31. The quantitative estimate of drug-likeness (QED) is 0.590. The molecule has 0 saturated carbocycles. The number of hydrogen-bond donors (Lipinski definition) is 2. The molecule has 6 nitrogen and oxygen atoms in total. The summed E-state index contributed by atoms with van der Waals surface area (Å²) in [7, 11) is 0. The molecule has 14 heavy (non-hydrogen) atoms. The number of ether oxygens (including phenoxy) is 1. The van der Waals surface area contributed by atoms with Crippen LogP contribution in [0, 0.1) is 0 Å². The second-order valence-electron chi connectivity index (χ2n) is 3.08. The molecule has 1 unspecified atom stereocenters. The number of nitrogens with two attached hydrogens (primary N) is 1. The summed E-state index contributed by atoms with van der Waals surface area (Å²) < 4.78 is 4.97.